The Morgan fingerprint density at radius 2 is 1.68 bits per heavy atom. The molecule has 8 heteroatoms. The molecule has 0 radical (unpaired) electrons. The Kier molecular flexibility index (Phi) is 5.16. The molecule has 2 heterocycles. The largest absolute Gasteiger partial charge is 0.451 e. The van der Waals surface area contributed by atoms with Crippen molar-refractivity contribution in [3.05, 3.63) is 76.5 Å². The molecule has 0 spiro atoms. The lowest BCUT2D eigenvalue weighted by molar-refractivity contribution is 0.0692. The number of carbonyl (C=O) groups is 3. The summed E-state index contributed by atoms with van der Waals surface area (Å²) in [6.45, 7) is 4.04. The molecule has 1 aromatic heterocycles. The first-order valence-electron chi connectivity index (χ1n) is 9.51. The Labute approximate surface area is 184 Å². The van der Waals surface area contributed by atoms with Crippen molar-refractivity contribution in [1.82, 2.24) is 10.2 Å². The normalized spacial score (nSPS) is 12.7. The molecule has 3 aromatic rings. The van der Waals surface area contributed by atoms with Gasteiger partial charge in [-0.1, -0.05) is 12.1 Å². The zero-order valence-electron chi connectivity index (χ0n) is 17.1. The van der Waals surface area contributed by atoms with E-state index in [1.807, 2.05) is 32.0 Å². The quantitative estimate of drug-likeness (QED) is 0.481. The number of furan rings is 1. The van der Waals surface area contributed by atoms with E-state index < -0.39 is 5.91 Å². The smallest absolute Gasteiger partial charge is 0.293 e. The predicted molar refractivity (Wildman–Crippen MR) is 120 cm³/mol. The number of nitrogens with zero attached hydrogens (tertiary/aromatic N) is 1. The number of nitrogens with one attached hydrogen (secondary N) is 2. The third-order valence-electron chi connectivity index (χ3n) is 5.20. The third kappa shape index (κ3) is 3.85. The van der Waals surface area contributed by atoms with Gasteiger partial charge < -0.3 is 9.73 Å². The van der Waals surface area contributed by atoms with Crippen LogP contribution in [0.4, 0.5) is 5.69 Å². The summed E-state index contributed by atoms with van der Waals surface area (Å²) in [4.78, 5) is 37.7. The summed E-state index contributed by atoms with van der Waals surface area (Å²) < 4.78 is 5.69. The maximum atomic E-state index is 12.5. The predicted octanol–water partition coefficient (Wildman–Crippen LogP) is 3.92. The van der Waals surface area contributed by atoms with Crippen LogP contribution in [0.3, 0.4) is 0 Å². The zero-order valence-corrected chi connectivity index (χ0v) is 17.9. The number of hydrogen-bond acceptors (Lipinski definition) is 5. The van der Waals surface area contributed by atoms with Crippen LogP contribution in [0.1, 0.15) is 42.4 Å². The summed E-state index contributed by atoms with van der Waals surface area (Å²) in [7, 11) is 1.43. The van der Waals surface area contributed by atoms with Gasteiger partial charge in [-0.3, -0.25) is 24.6 Å². The Bertz CT molecular complexity index is 1260. The lowest BCUT2D eigenvalue weighted by Crippen LogP contribution is -2.33. The summed E-state index contributed by atoms with van der Waals surface area (Å²) in [6.07, 6.45) is 0. The van der Waals surface area contributed by atoms with Crippen LogP contribution in [0.15, 0.2) is 52.9 Å². The third-order valence-corrected chi connectivity index (χ3v) is 5.40. The minimum absolute atomic E-state index is 0.0409. The molecule has 2 aromatic carbocycles. The van der Waals surface area contributed by atoms with Crippen molar-refractivity contribution in [3.8, 4) is 11.3 Å². The summed E-state index contributed by atoms with van der Waals surface area (Å²) in [5.41, 5.74) is 4.29. The van der Waals surface area contributed by atoms with Gasteiger partial charge in [0.15, 0.2) is 10.9 Å². The van der Waals surface area contributed by atoms with E-state index in [4.69, 9.17) is 16.6 Å². The summed E-state index contributed by atoms with van der Waals surface area (Å²) in [5, 5.41) is 5.44. The number of fused-ring (bicyclic) bond motifs is 1. The first-order chi connectivity index (χ1) is 14.7. The van der Waals surface area contributed by atoms with Crippen molar-refractivity contribution >= 4 is 40.7 Å². The van der Waals surface area contributed by atoms with Gasteiger partial charge in [-0.15, -0.1) is 0 Å². The second-order valence-electron chi connectivity index (χ2n) is 7.30. The van der Waals surface area contributed by atoms with E-state index in [0.717, 1.165) is 16.0 Å². The number of imide groups is 1. The maximum absolute atomic E-state index is 12.5. The van der Waals surface area contributed by atoms with Gasteiger partial charge in [0.1, 0.15) is 5.76 Å². The molecule has 0 atom stereocenters. The van der Waals surface area contributed by atoms with Gasteiger partial charge in [-0.2, -0.15) is 0 Å². The molecule has 1 aliphatic heterocycles. The van der Waals surface area contributed by atoms with Crippen LogP contribution >= 0.6 is 12.2 Å². The van der Waals surface area contributed by atoms with Crippen molar-refractivity contribution in [2.45, 2.75) is 13.8 Å². The number of anilines is 1. The molecule has 156 valence electrons. The summed E-state index contributed by atoms with van der Waals surface area (Å²) in [6, 6.07) is 13.9. The Hall–Kier alpha value is -3.78. The minimum Gasteiger partial charge on any atom is -0.451 e. The van der Waals surface area contributed by atoms with Crippen molar-refractivity contribution < 1.29 is 18.8 Å². The molecule has 4 rings (SSSR count). The first kappa shape index (κ1) is 20.5. The maximum Gasteiger partial charge on any atom is 0.293 e. The van der Waals surface area contributed by atoms with E-state index >= 15 is 0 Å². The van der Waals surface area contributed by atoms with E-state index in [2.05, 4.69) is 10.6 Å². The molecule has 2 N–H and O–H groups in total. The number of aryl methyl sites for hydroxylation is 2. The summed E-state index contributed by atoms with van der Waals surface area (Å²) in [5.74, 6) is -0.528. The first-order valence-corrected chi connectivity index (χ1v) is 9.91. The van der Waals surface area contributed by atoms with Crippen molar-refractivity contribution in [2.24, 2.45) is 0 Å². The van der Waals surface area contributed by atoms with Gasteiger partial charge in [-0.05, 0) is 73.6 Å². The molecule has 0 aliphatic carbocycles. The average molecular weight is 433 g/mol. The molecule has 0 saturated carbocycles. The molecule has 1 aliphatic rings. The number of hydrogen-bond donors (Lipinski definition) is 2. The van der Waals surface area contributed by atoms with E-state index in [1.165, 1.54) is 18.7 Å². The fraction of sp³-hybridized carbons (Fsp3) is 0.130. The second kappa shape index (κ2) is 7.81. The highest BCUT2D eigenvalue weighted by molar-refractivity contribution is 7.80. The van der Waals surface area contributed by atoms with Crippen LogP contribution in [-0.4, -0.2) is 34.8 Å². The van der Waals surface area contributed by atoms with Crippen LogP contribution < -0.4 is 10.6 Å². The molecular formula is C23H19N3O4S. The van der Waals surface area contributed by atoms with Crippen molar-refractivity contribution in [3.63, 3.8) is 0 Å². The molecule has 3 amide bonds. The standard InChI is InChI=1S/C23H19N3O4S/c1-12-4-5-14(10-13(12)2)18-8-9-19(30-18)20(27)25-23(31)24-15-6-7-16-17(11-15)22(29)26(3)21(16)28/h4-11H,1-3H3,(H2,24,25,27,31). The average Bonchev–Trinajstić information content (AvgIpc) is 3.31. The van der Waals surface area contributed by atoms with Gasteiger partial charge in [0.2, 0.25) is 0 Å². The zero-order chi connectivity index (χ0) is 22.3. The van der Waals surface area contributed by atoms with Gasteiger partial charge in [0, 0.05) is 18.3 Å². The summed E-state index contributed by atoms with van der Waals surface area (Å²) >= 11 is 5.20. The van der Waals surface area contributed by atoms with Crippen molar-refractivity contribution in [2.75, 3.05) is 12.4 Å². The number of carbonyl (C=O) groups excluding carboxylic acids is 3. The molecule has 7 nitrogen and oxygen atoms in total. The van der Waals surface area contributed by atoms with Crippen molar-refractivity contribution in [1.29, 1.82) is 0 Å². The Morgan fingerprint density at radius 1 is 0.935 bits per heavy atom. The van der Waals surface area contributed by atoms with Crippen LogP contribution in [0, 0.1) is 13.8 Å². The molecule has 0 unspecified atom stereocenters. The molecular weight excluding hydrogens is 414 g/mol. The fourth-order valence-corrected chi connectivity index (χ4v) is 3.49. The van der Waals surface area contributed by atoms with Crippen LogP contribution in [0.5, 0.6) is 0 Å². The number of thiocarbonyl (C=S) groups is 1. The molecule has 31 heavy (non-hydrogen) atoms. The lowest BCUT2D eigenvalue weighted by Gasteiger charge is -2.09. The highest BCUT2D eigenvalue weighted by Gasteiger charge is 2.32. The van der Waals surface area contributed by atoms with Gasteiger partial charge in [0.25, 0.3) is 17.7 Å². The van der Waals surface area contributed by atoms with Gasteiger partial charge in [-0.25, -0.2) is 0 Å². The van der Waals surface area contributed by atoms with E-state index in [1.54, 1.807) is 24.3 Å². The monoisotopic (exact) mass is 433 g/mol. The van der Waals surface area contributed by atoms with E-state index in [9.17, 15) is 14.4 Å². The highest BCUT2D eigenvalue weighted by Crippen LogP contribution is 2.26. The lowest BCUT2D eigenvalue weighted by atomic mass is 10.1. The Balaban J connectivity index is 1.44. The highest BCUT2D eigenvalue weighted by atomic mass is 32.1. The van der Waals surface area contributed by atoms with Gasteiger partial charge >= 0.3 is 0 Å². The van der Waals surface area contributed by atoms with Crippen LogP contribution in [0.2, 0.25) is 0 Å². The number of rotatable bonds is 3. The second-order valence-corrected chi connectivity index (χ2v) is 7.71. The number of amides is 3. The van der Waals surface area contributed by atoms with Crippen LogP contribution in [0.25, 0.3) is 11.3 Å². The Morgan fingerprint density at radius 3 is 2.42 bits per heavy atom. The molecule has 0 bridgehead atoms. The SMILES string of the molecule is Cc1ccc(-c2ccc(C(=O)NC(=S)Nc3ccc4c(c3)C(=O)N(C)C4=O)o2)cc1C. The fourth-order valence-electron chi connectivity index (χ4n) is 3.28. The van der Waals surface area contributed by atoms with E-state index in [0.29, 0.717) is 17.0 Å². The van der Waals surface area contributed by atoms with E-state index in [-0.39, 0.29) is 28.3 Å². The van der Waals surface area contributed by atoms with Crippen LogP contribution in [-0.2, 0) is 0 Å². The topological polar surface area (TPSA) is 91.7 Å². The molecule has 0 saturated heterocycles. The van der Waals surface area contributed by atoms with Gasteiger partial charge in [0.05, 0.1) is 11.1 Å². The minimum atomic E-state index is -0.500. The number of benzene rings is 2. The molecule has 0 fully saturated rings.